The molecule has 0 aromatic rings. The molecular formula is C11H19NO3. The normalized spacial score (nSPS) is 34.7. The van der Waals surface area contributed by atoms with Crippen molar-refractivity contribution in [3.05, 3.63) is 0 Å². The van der Waals surface area contributed by atoms with Crippen molar-refractivity contribution in [3.8, 4) is 0 Å². The number of hydrogen-bond donors (Lipinski definition) is 0. The number of nitrogens with zero attached hydrogens (tertiary/aromatic N) is 1. The van der Waals surface area contributed by atoms with Crippen molar-refractivity contribution in [2.75, 3.05) is 13.1 Å². The molecule has 0 unspecified atom stereocenters. The molecule has 4 nitrogen and oxygen atoms in total. The third kappa shape index (κ3) is 2.25. The number of rotatable bonds is 0. The van der Waals surface area contributed by atoms with Gasteiger partial charge in [-0.3, -0.25) is 0 Å². The maximum Gasteiger partial charge on any atom is 0.410 e. The lowest BCUT2D eigenvalue weighted by Gasteiger charge is -2.30. The van der Waals surface area contributed by atoms with E-state index in [1.807, 2.05) is 27.7 Å². The van der Waals surface area contributed by atoms with E-state index < -0.39 is 5.60 Å². The smallest absolute Gasteiger partial charge is 0.410 e. The van der Waals surface area contributed by atoms with E-state index in [4.69, 9.17) is 9.47 Å². The van der Waals surface area contributed by atoms with Crippen molar-refractivity contribution in [1.29, 1.82) is 0 Å². The van der Waals surface area contributed by atoms with Gasteiger partial charge in [0.05, 0.1) is 12.6 Å². The molecule has 2 rings (SSSR count). The molecule has 0 saturated carbocycles. The zero-order valence-electron chi connectivity index (χ0n) is 9.87. The monoisotopic (exact) mass is 213 g/mol. The Kier molecular flexibility index (Phi) is 2.23. The third-order valence-corrected chi connectivity index (χ3v) is 2.85. The molecule has 0 bridgehead atoms. The van der Waals surface area contributed by atoms with Gasteiger partial charge in [-0.2, -0.15) is 0 Å². The second-order valence-corrected chi connectivity index (χ2v) is 5.61. The predicted octanol–water partition coefficient (Wildman–Crippen LogP) is 1.78. The van der Waals surface area contributed by atoms with Crippen molar-refractivity contribution in [2.24, 2.45) is 0 Å². The average Bonchev–Trinajstić information content (AvgIpc) is 2.71. The van der Waals surface area contributed by atoms with Crippen LogP contribution in [0.3, 0.4) is 0 Å². The topological polar surface area (TPSA) is 42.1 Å². The number of carbonyl (C=O) groups is 1. The van der Waals surface area contributed by atoms with Gasteiger partial charge in [0.2, 0.25) is 0 Å². The van der Waals surface area contributed by atoms with Gasteiger partial charge in [0.25, 0.3) is 0 Å². The highest BCUT2D eigenvalue weighted by Gasteiger charge is 2.56. The second-order valence-electron chi connectivity index (χ2n) is 5.61. The van der Waals surface area contributed by atoms with Crippen LogP contribution >= 0.6 is 0 Å². The molecule has 1 amide bonds. The quantitative estimate of drug-likeness (QED) is 0.576. The third-order valence-electron chi connectivity index (χ3n) is 2.85. The molecule has 2 aliphatic rings. The molecule has 86 valence electrons. The van der Waals surface area contributed by atoms with Gasteiger partial charge in [0.15, 0.2) is 0 Å². The fourth-order valence-electron chi connectivity index (χ4n) is 2.01. The van der Waals surface area contributed by atoms with Crippen LogP contribution in [0.25, 0.3) is 0 Å². The number of carbonyl (C=O) groups excluding carboxylic acids is 1. The Labute approximate surface area is 90.5 Å². The second kappa shape index (κ2) is 3.11. The SMILES string of the molecule is CC(C)(C)OC(=O)N1CC[C@@H]2O[C@@]2(C)C1. The molecule has 2 heterocycles. The van der Waals surface area contributed by atoms with Gasteiger partial charge in [0, 0.05) is 6.54 Å². The van der Waals surface area contributed by atoms with Crippen molar-refractivity contribution >= 4 is 6.09 Å². The highest BCUT2D eigenvalue weighted by atomic mass is 16.6. The van der Waals surface area contributed by atoms with Crippen molar-refractivity contribution in [1.82, 2.24) is 4.90 Å². The Morgan fingerprint density at radius 2 is 2.20 bits per heavy atom. The van der Waals surface area contributed by atoms with E-state index in [0.717, 1.165) is 13.0 Å². The van der Waals surface area contributed by atoms with Gasteiger partial charge in [-0.25, -0.2) is 4.79 Å². The van der Waals surface area contributed by atoms with E-state index in [1.165, 1.54) is 0 Å². The van der Waals surface area contributed by atoms with E-state index >= 15 is 0 Å². The van der Waals surface area contributed by atoms with E-state index in [9.17, 15) is 4.79 Å². The largest absolute Gasteiger partial charge is 0.444 e. The summed E-state index contributed by atoms with van der Waals surface area (Å²) in [6.45, 7) is 9.10. The first-order valence-electron chi connectivity index (χ1n) is 5.46. The highest BCUT2D eigenvalue weighted by molar-refractivity contribution is 5.68. The summed E-state index contributed by atoms with van der Waals surface area (Å²) >= 11 is 0. The Morgan fingerprint density at radius 3 is 2.73 bits per heavy atom. The Morgan fingerprint density at radius 1 is 1.53 bits per heavy atom. The minimum Gasteiger partial charge on any atom is -0.444 e. The minimum atomic E-state index is -0.417. The van der Waals surface area contributed by atoms with Crippen LogP contribution in [0.15, 0.2) is 0 Å². The lowest BCUT2D eigenvalue weighted by Crippen LogP contribution is -2.45. The van der Waals surface area contributed by atoms with E-state index in [2.05, 4.69) is 0 Å². The van der Waals surface area contributed by atoms with Crippen LogP contribution in [0.2, 0.25) is 0 Å². The fraction of sp³-hybridized carbons (Fsp3) is 0.909. The molecule has 2 aliphatic heterocycles. The number of epoxide rings is 1. The molecule has 2 fully saturated rings. The summed E-state index contributed by atoms with van der Waals surface area (Å²) in [6, 6.07) is 0. The first-order valence-corrected chi connectivity index (χ1v) is 5.46. The van der Waals surface area contributed by atoms with Crippen molar-refractivity contribution in [3.63, 3.8) is 0 Å². The van der Waals surface area contributed by atoms with Gasteiger partial charge >= 0.3 is 6.09 Å². The lowest BCUT2D eigenvalue weighted by atomic mass is 10.0. The summed E-state index contributed by atoms with van der Waals surface area (Å²) < 4.78 is 10.8. The maximum atomic E-state index is 11.8. The molecule has 0 N–H and O–H groups in total. The van der Waals surface area contributed by atoms with Crippen LogP contribution in [0.5, 0.6) is 0 Å². The molecule has 0 aromatic heterocycles. The summed E-state index contributed by atoms with van der Waals surface area (Å²) in [5.41, 5.74) is -0.519. The predicted molar refractivity (Wildman–Crippen MR) is 55.7 cm³/mol. The zero-order valence-corrected chi connectivity index (χ0v) is 9.87. The standard InChI is InChI=1S/C11H19NO3/c1-10(2,3)15-9(13)12-6-5-8-11(4,7-12)14-8/h8H,5-7H2,1-4H3/t8-,11-/m0/s1. The van der Waals surface area contributed by atoms with Gasteiger partial charge in [0.1, 0.15) is 11.2 Å². The molecule has 15 heavy (non-hydrogen) atoms. The van der Waals surface area contributed by atoms with Crippen LogP contribution in [0.4, 0.5) is 4.79 Å². The number of hydrogen-bond acceptors (Lipinski definition) is 3. The molecule has 0 radical (unpaired) electrons. The lowest BCUT2D eigenvalue weighted by molar-refractivity contribution is 0.0198. The van der Waals surface area contributed by atoms with E-state index in [1.54, 1.807) is 4.90 Å². The van der Waals surface area contributed by atoms with Crippen molar-refractivity contribution < 1.29 is 14.3 Å². The molecule has 0 spiro atoms. The van der Waals surface area contributed by atoms with Gasteiger partial charge < -0.3 is 14.4 Å². The molecule has 0 aromatic carbocycles. The fourth-order valence-corrected chi connectivity index (χ4v) is 2.01. The Hall–Kier alpha value is -0.770. The van der Waals surface area contributed by atoms with Crippen LogP contribution in [-0.2, 0) is 9.47 Å². The summed E-state index contributed by atoms with van der Waals surface area (Å²) in [5, 5.41) is 0. The van der Waals surface area contributed by atoms with Crippen molar-refractivity contribution in [2.45, 2.75) is 51.4 Å². The molecule has 0 aliphatic carbocycles. The van der Waals surface area contributed by atoms with E-state index in [0.29, 0.717) is 12.6 Å². The van der Waals surface area contributed by atoms with Crippen LogP contribution in [-0.4, -0.2) is 41.4 Å². The summed E-state index contributed by atoms with van der Waals surface area (Å²) in [7, 11) is 0. The summed E-state index contributed by atoms with van der Waals surface area (Å²) in [4.78, 5) is 13.5. The first kappa shape index (κ1) is 10.7. The molecular weight excluding hydrogens is 194 g/mol. The van der Waals surface area contributed by atoms with Crippen LogP contribution < -0.4 is 0 Å². The number of ether oxygens (including phenoxy) is 2. The van der Waals surface area contributed by atoms with Crippen LogP contribution in [0, 0.1) is 0 Å². The highest BCUT2D eigenvalue weighted by Crippen LogP contribution is 2.42. The Balaban J connectivity index is 1.91. The minimum absolute atomic E-state index is 0.102. The summed E-state index contributed by atoms with van der Waals surface area (Å²) in [6.07, 6.45) is 1.06. The number of amides is 1. The van der Waals surface area contributed by atoms with Crippen LogP contribution in [0.1, 0.15) is 34.1 Å². The number of piperidine rings is 1. The molecule has 4 heteroatoms. The summed E-state index contributed by atoms with van der Waals surface area (Å²) in [5.74, 6) is 0. The zero-order chi connectivity index (χ0) is 11.3. The number of fused-ring (bicyclic) bond motifs is 1. The van der Waals surface area contributed by atoms with E-state index in [-0.39, 0.29) is 11.7 Å². The van der Waals surface area contributed by atoms with Gasteiger partial charge in [-0.15, -0.1) is 0 Å². The van der Waals surface area contributed by atoms with Gasteiger partial charge in [-0.05, 0) is 34.1 Å². The molecule has 2 saturated heterocycles. The Bertz CT molecular complexity index is 284. The average molecular weight is 213 g/mol. The molecule has 2 atom stereocenters. The first-order chi connectivity index (χ1) is 6.80. The van der Waals surface area contributed by atoms with Gasteiger partial charge in [-0.1, -0.05) is 0 Å². The number of likely N-dealkylation sites (tertiary alicyclic amines) is 1. The maximum absolute atomic E-state index is 11.8.